The Bertz CT molecular complexity index is 1250. The normalized spacial score (nSPS) is 15.2. The summed E-state index contributed by atoms with van der Waals surface area (Å²) < 4.78 is 6.95. The van der Waals surface area contributed by atoms with Gasteiger partial charge in [-0.05, 0) is 44.0 Å². The number of aromatic nitrogens is 1. The number of carbonyl (C=O) groups excluding carboxylic acids is 3. The number of hydrogen-bond donors (Lipinski definition) is 1. The van der Waals surface area contributed by atoms with E-state index in [1.165, 1.54) is 7.11 Å². The first-order valence-corrected chi connectivity index (χ1v) is 13.9. The molecule has 0 bridgehead atoms. The number of rotatable bonds is 10. The van der Waals surface area contributed by atoms with Gasteiger partial charge in [0, 0.05) is 42.2 Å². The molecule has 0 aliphatic heterocycles. The molecule has 8 heteroatoms. The molecule has 2 rings (SSSR count). The fourth-order valence-corrected chi connectivity index (χ4v) is 5.67. The SMILES string of the molecule is COC(=O)/C(C)=C/[C@H](C(C)C)N(C)C(=O)[C@@H](NC(=O)C(N(C)C)C(C)(C)c1cn(C)c2ccccc12)C(C)(C)C. The van der Waals surface area contributed by atoms with Gasteiger partial charge in [0.1, 0.15) is 6.04 Å². The number of methoxy groups -OCH3 is 1. The van der Waals surface area contributed by atoms with E-state index >= 15 is 0 Å². The van der Waals surface area contributed by atoms with E-state index in [1.54, 1.807) is 24.9 Å². The van der Waals surface area contributed by atoms with Crippen molar-refractivity contribution in [1.29, 1.82) is 0 Å². The number of nitrogens with zero attached hydrogens (tertiary/aromatic N) is 3. The van der Waals surface area contributed by atoms with Crippen LogP contribution in [-0.4, -0.2) is 78.5 Å². The number of ether oxygens (including phenoxy) is 1. The van der Waals surface area contributed by atoms with Gasteiger partial charge in [0.05, 0.1) is 19.2 Å². The zero-order chi connectivity index (χ0) is 30.7. The van der Waals surface area contributed by atoms with Crippen LogP contribution in [-0.2, 0) is 31.6 Å². The van der Waals surface area contributed by atoms with E-state index in [0.717, 1.165) is 16.5 Å². The number of fused-ring (bicyclic) bond motifs is 1. The third-order valence-corrected chi connectivity index (χ3v) is 7.85. The molecule has 0 saturated carbocycles. The van der Waals surface area contributed by atoms with Crippen molar-refractivity contribution in [2.75, 3.05) is 28.3 Å². The number of likely N-dealkylation sites (N-methyl/N-ethyl adjacent to an activating group) is 2. The smallest absolute Gasteiger partial charge is 0.333 e. The highest BCUT2D eigenvalue weighted by Gasteiger charge is 2.44. The number of esters is 1. The molecule has 0 spiro atoms. The van der Waals surface area contributed by atoms with Gasteiger partial charge in [-0.25, -0.2) is 4.79 Å². The number of aryl methyl sites for hydroxylation is 1. The second-order valence-corrected chi connectivity index (χ2v) is 13.1. The number of nitrogens with one attached hydrogen (secondary N) is 1. The summed E-state index contributed by atoms with van der Waals surface area (Å²) in [5.41, 5.74) is 1.46. The van der Waals surface area contributed by atoms with Gasteiger partial charge in [0.15, 0.2) is 0 Å². The second kappa shape index (κ2) is 12.6. The predicted octanol–water partition coefficient (Wildman–Crippen LogP) is 4.52. The lowest BCUT2D eigenvalue weighted by Gasteiger charge is -2.41. The van der Waals surface area contributed by atoms with E-state index in [-0.39, 0.29) is 23.8 Å². The van der Waals surface area contributed by atoms with Gasteiger partial charge in [-0.1, -0.05) is 72.7 Å². The largest absolute Gasteiger partial charge is 0.466 e. The van der Waals surface area contributed by atoms with E-state index < -0.39 is 28.9 Å². The lowest BCUT2D eigenvalue weighted by atomic mass is 9.76. The van der Waals surface area contributed by atoms with Crippen LogP contribution in [0.25, 0.3) is 10.9 Å². The van der Waals surface area contributed by atoms with E-state index in [2.05, 4.69) is 42.1 Å². The summed E-state index contributed by atoms with van der Waals surface area (Å²) in [5, 5.41) is 4.24. The van der Waals surface area contributed by atoms with Crippen LogP contribution in [0.3, 0.4) is 0 Å². The molecule has 1 heterocycles. The van der Waals surface area contributed by atoms with E-state index in [0.29, 0.717) is 5.57 Å². The highest BCUT2D eigenvalue weighted by molar-refractivity contribution is 5.93. The summed E-state index contributed by atoms with van der Waals surface area (Å²) in [6.45, 7) is 15.7. The van der Waals surface area contributed by atoms with Crippen LogP contribution in [0.15, 0.2) is 42.1 Å². The molecule has 8 nitrogen and oxygen atoms in total. The minimum Gasteiger partial charge on any atom is -0.466 e. The van der Waals surface area contributed by atoms with Crippen LogP contribution < -0.4 is 5.32 Å². The zero-order valence-corrected chi connectivity index (χ0v) is 26.7. The van der Waals surface area contributed by atoms with Gasteiger partial charge in [-0.3, -0.25) is 14.5 Å². The monoisotopic (exact) mass is 554 g/mol. The molecule has 0 saturated heterocycles. The minimum atomic E-state index is -0.788. The molecule has 0 aliphatic rings. The molecule has 0 radical (unpaired) electrons. The summed E-state index contributed by atoms with van der Waals surface area (Å²) in [7, 11) is 8.87. The second-order valence-electron chi connectivity index (χ2n) is 13.1. The number of carbonyl (C=O) groups is 3. The van der Waals surface area contributed by atoms with Crippen LogP contribution in [0.2, 0.25) is 0 Å². The van der Waals surface area contributed by atoms with Crippen molar-refractivity contribution in [3.63, 3.8) is 0 Å². The molecule has 40 heavy (non-hydrogen) atoms. The van der Waals surface area contributed by atoms with E-state index in [9.17, 15) is 14.4 Å². The molecular formula is C32H50N4O4. The number of para-hydroxylation sites is 1. The van der Waals surface area contributed by atoms with Crippen molar-refractivity contribution < 1.29 is 19.1 Å². The standard InChI is InChI=1S/C32H50N4O4/c1-20(2)25(18-21(3)30(39)40-13)36(12)29(38)26(31(4,5)6)33-28(37)27(34(9)10)32(7,8)23-19-35(11)24-17-15-14-16-22(23)24/h14-20,25-27H,1-13H3,(H,33,37)/b21-18+/t25-,26-,27?/m1/s1. The Hall–Kier alpha value is -3.13. The number of benzene rings is 1. The predicted molar refractivity (Wildman–Crippen MR) is 162 cm³/mol. The maximum atomic E-state index is 14.1. The molecule has 2 amide bonds. The first-order chi connectivity index (χ1) is 18.4. The first kappa shape index (κ1) is 33.1. The van der Waals surface area contributed by atoms with Crippen LogP contribution in [0, 0.1) is 11.3 Å². The van der Waals surface area contributed by atoms with Crippen molar-refractivity contribution in [2.24, 2.45) is 18.4 Å². The summed E-state index contributed by atoms with van der Waals surface area (Å²) in [4.78, 5) is 43.8. The molecule has 0 fully saturated rings. The van der Waals surface area contributed by atoms with Gasteiger partial charge < -0.3 is 19.5 Å². The molecule has 3 atom stereocenters. The highest BCUT2D eigenvalue weighted by atomic mass is 16.5. The minimum absolute atomic E-state index is 0.0321. The quantitative estimate of drug-likeness (QED) is 0.345. The average Bonchev–Trinajstić information content (AvgIpc) is 3.20. The summed E-state index contributed by atoms with van der Waals surface area (Å²) in [5.74, 6) is -0.831. The molecule has 0 aliphatic carbocycles. The maximum absolute atomic E-state index is 14.1. The number of amides is 2. The van der Waals surface area contributed by atoms with Crippen LogP contribution >= 0.6 is 0 Å². The molecule has 1 aromatic heterocycles. The average molecular weight is 555 g/mol. The Morgan fingerprint density at radius 2 is 1.60 bits per heavy atom. The molecule has 222 valence electrons. The highest BCUT2D eigenvalue weighted by Crippen LogP contribution is 2.36. The Labute approximate surface area is 240 Å². The molecule has 1 unspecified atom stereocenters. The lowest BCUT2D eigenvalue weighted by molar-refractivity contribution is -0.142. The molecular weight excluding hydrogens is 504 g/mol. The third-order valence-electron chi connectivity index (χ3n) is 7.85. The van der Waals surface area contributed by atoms with Crippen molar-refractivity contribution in [2.45, 2.75) is 78.9 Å². The number of hydrogen-bond acceptors (Lipinski definition) is 5. The lowest BCUT2D eigenvalue weighted by Crippen LogP contribution is -2.61. The topological polar surface area (TPSA) is 83.9 Å². The molecule has 2 aromatic rings. The maximum Gasteiger partial charge on any atom is 0.333 e. The van der Waals surface area contributed by atoms with E-state index in [1.807, 2.05) is 72.8 Å². The molecule has 1 aromatic carbocycles. The van der Waals surface area contributed by atoms with Gasteiger partial charge in [0.2, 0.25) is 11.8 Å². The Kier molecular flexibility index (Phi) is 10.4. The third kappa shape index (κ3) is 6.95. The molecule has 1 N–H and O–H groups in total. The van der Waals surface area contributed by atoms with Crippen LogP contribution in [0.4, 0.5) is 0 Å². The Morgan fingerprint density at radius 1 is 1.02 bits per heavy atom. The van der Waals surface area contributed by atoms with Crippen LogP contribution in [0.1, 0.15) is 61.0 Å². The van der Waals surface area contributed by atoms with Crippen LogP contribution in [0.5, 0.6) is 0 Å². The Balaban J connectivity index is 2.48. The van der Waals surface area contributed by atoms with Gasteiger partial charge in [-0.2, -0.15) is 0 Å². The zero-order valence-electron chi connectivity index (χ0n) is 26.7. The van der Waals surface area contributed by atoms with Gasteiger partial charge in [-0.15, -0.1) is 0 Å². The van der Waals surface area contributed by atoms with E-state index in [4.69, 9.17) is 4.74 Å². The Morgan fingerprint density at radius 3 is 2.10 bits per heavy atom. The summed E-state index contributed by atoms with van der Waals surface area (Å²) >= 11 is 0. The summed E-state index contributed by atoms with van der Waals surface area (Å²) in [6.07, 6.45) is 3.86. The van der Waals surface area contributed by atoms with Crippen molar-refractivity contribution in [1.82, 2.24) is 19.7 Å². The fraction of sp³-hybridized carbons (Fsp3) is 0.594. The first-order valence-electron chi connectivity index (χ1n) is 13.9. The van der Waals surface area contributed by atoms with Gasteiger partial charge >= 0.3 is 5.97 Å². The van der Waals surface area contributed by atoms with Gasteiger partial charge in [0.25, 0.3) is 0 Å². The van der Waals surface area contributed by atoms with Crippen molar-refractivity contribution in [3.8, 4) is 0 Å². The van der Waals surface area contributed by atoms with Crippen molar-refractivity contribution in [3.05, 3.63) is 47.7 Å². The van der Waals surface area contributed by atoms with Crippen molar-refractivity contribution >= 4 is 28.7 Å². The summed E-state index contributed by atoms with van der Waals surface area (Å²) in [6, 6.07) is 6.49. The fourth-order valence-electron chi connectivity index (χ4n) is 5.67.